The van der Waals surface area contributed by atoms with Crippen LogP contribution < -0.4 is 10.1 Å². The normalized spacial score (nSPS) is 15.6. The molecule has 3 aromatic rings. The molecule has 0 unspecified atom stereocenters. The highest BCUT2D eigenvalue weighted by Gasteiger charge is 2.32. The first-order valence-corrected chi connectivity index (χ1v) is 11.6. The molecular weight excluding hydrogens is 420 g/mol. The Morgan fingerprint density at radius 3 is 2.56 bits per heavy atom. The van der Waals surface area contributed by atoms with Crippen LogP contribution in [0.25, 0.3) is 0 Å². The van der Waals surface area contributed by atoms with Gasteiger partial charge in [-0.1, -0.05) is 48.5 Å². The van der Waals surface area contributed by atoms with Gasteiger partial charge in [-0.15, -0.1) is 11.8 Å². The molecule has 1 N–H and O–H groups in total. The second kappa shape index (κ2) is 9.92. The van der Waals surface area contributed by atoms with Gasteiger partial charge in [0.05, 0.1) is 18.6 Å². The fraction of sp³-hybridized carbons (Fsp3) is 0.231. The molecule has 2 amide bonds. The summed E-state index contributed by atoms with van der Waals surface area (Å²) in [6, 6.07) is 23.4. The first kappa shape index (κ1) is 22.0. The van der Waals surface area contributed by atoms with E-state index in [4.69, 9.17) is 4.74 Å². The zero-order valence-electron chi connectivity index (χ0n) is 18.2. The molecule has 6 heteroatoms. The maximum absolute atomic E-state index is 12.8. The lowest BCUT2D eigenvalue weighted by Crippen LogP contribution is -2.30. The quantitative estimate of drug-likeness (QED) is 0.550. The molecule has 0 aliphatic carbocycles. The van der Waals surface area contributed by atoms with E-state index in [9.17, 15) is 9.59 Å². The van der Waals surface area contributed by atoms with Crippen LogP contribution in [0, 0.1) is 6.92 Å². The summed E-state index contributed by atoms with van der Waals surface area (Å²) in [4.78, 5) is 27.2. The van der Waals surface area contributed by atoms with Crippen LogP contribution in [0.2, 0.25) is 0 Å². The number of carbonyl (C=O) groups is 2. The highest BCUT2D eigenvalue weighted by atomic mass is 32.2. The van der Waals surface area contributed by atoms with E-state index in [2.05, 4.69) is 17.4 Å². The van der Waals surface area contributed by atoms with Crippen LogP contribution >= 0.6 is 11.8 Å². The number of benzene rings is 3. The largest absolute Gasteiger partial charge is 0.495 e. The number of ether oxygens (including phenoxy) is 1. The molecule has 1 atom stereocenters. The number of carbonyl (C=O) groups excluding carboxylic acids is 2. The van der Waals surface area contributed by atoms with E-state index in [1.807, 2.05) is 72.5 Å². The zero-order valence-corrected chi connectivity index (χ0v) is 19.0. The number of rotatable bonds is 7. The molecule has 0 bridgehead atoms. The van der Waals surface area contributed by atoms with E-state index >= 15 is 0 Å². The molecule has 0 spiro atoms. The first-order chi connectivity index (χ1) is 15.5. The van der Waals surface area contributed by atoms with Gasteiger partial charge in [0.1, 0.15) is 11.1 Å². The maximum atomic E-state index is 12.8. The molecule has 164 valence electrons. The van der Waals surface area contributed by atoms with Crippen LogP contribution in [0.1, 0.15) is 32.4 Å². The summed E-state index contributed by atoms with van der Waals surface area (Å²) in [5.74, 6) is 1.06. The van der Waals surface area contributed by atoms with E-state index < -0.39 is 0 Å². The van der Waals surface area contributed by atoms with Crippen molar-refractivity contribution in [2.45, 2.75) is 18.7 Å². The molecular formula is C26H26N2O3S. The summed E-state index contributed by atoms with van der Waals surface area (Å²) >= 11 is 1.63. The summed E-state index contributed by atoms with van der Waals surface area (Å²) in [5, 5.41) is 2.90. The van der Waals surface area contributed by atoms with Crippen molar-refractivity contribution in [2.24, 2.45) is 0 Å². The number of nitrogens with zero attached hydrogens (tertiary/aromatic N) is 1. The summed E-state index contributed by atoms with van der Waals surface area (Å²) in [6.45, 7) is 2.64. The molecule has 0 saturated carbocycles. The number of hydrogen-bond acceptors (Lipinski definition) is 4. The first-order valence-electron chi connectivity index (χ1n) is 10.6. The van der Waals surface area contributed by atoms with E-state index in [-0.39, 0.29) is 17.2 Å². The van der Waals surface area contributed by atoms with Gasteiger partial charge in [-0.2, -0.15) is 0 Å². The Balaban J connectivity index is 1.45. The molecule has 1 aliphatic heterocycles. The lowest BCUT2D eigenvalue weighted by Gasteiger charge is -2.24. The molecule has 1 fully saturated rings. The van der Waals surface area contributed by atoms with Gasteiger partial charge in [0, 0.05) is 12.1 Å². The minimum atomic E-state index is -0.198. The Labute approximate surface area is 192 Å². The third kappa shape index (κ3) is 4.97. The van der Waals surface area contributed by atoms with Crippen molar-refractivity contribution in [3.63, 3.8) is 0 Å². The van der Waals surface area contributed by atoms with Crippen LogP contribution in [-0.4, -0.2) is 36.1 Å². The van der Waals surface area contributed by atoms with Crippen molar-refractivity contribution < 1.29 is 14.3 Å². The lowest BCUT2D eigenvalue weighted by molar-refractivity contribution is -0.128. The van der Waals surface area contributed by atoms with Gasteiger partial charge >= 0.3 is 0 Å². The molecule has 32 heavy (non-hydrogen) atoms. The van der Waals surface area contributed by atoms with Gasteiger partial charge < -0.3 is 15.0 Å². The Kier molecular flexibility index (Phi) is 6.81. The van der Waals surface area contributed by atoms with Gasteiger partial charge in [0.25, 0.3) is 5.91 Å². The van der Waals surface area contributed by atoms with Crippen molar-refractivity contribution in [3.05, 3.63) is 95.1 Å². The Morgan fingerprint density at radius 2 is 1.84 bits per heavy atom. The predicted octanol–water partition coefficient (Wildman–Crippen LogP) is 5.07. The SMILES string of the molecule is COc1ccc(C)cc1NC(=O)c1ccc([C@@H]2SCC(=O)N2CCc2ccccc2)cc1. The second-order valence-electron chi connectivity index (χ2n) is 7.77. The Bertz CT molecular complexity index is 1100. The summed E-state index contributed by atoms with van der Waals surface area (Å²) < 4.78 is 5.35. The van der Waals surface area contributed by atoms with Crippen molar-refractivity contribution in [2.75, 3.05) is 24.7 Å². The van der Waals surface area contributed by atoms with Crippen LogP contribution in [0.3, 0.4) is 0 Å². The van der Waals surface area contributed by atoms with Crippen molar-refractivity contribution >= 4 is 29.3 Å². The molecule has 1 saturated heterocycles. The lowest BCUT2D eigenvalue weighted by atomic mass is 10.1. The Hall–Kier alpha value is -3.25. The number of thioether (sulfide) groups is 1. The minimum Gasteiger partial charge on any atom is -0.495 e. The number of amides is 2. The van der Waals surface area contributed by atoms with Crippen LogP contribution in [-0.2, 0) is 11.2 Å². The highest BCUT2D eigenvalue weighted by molar-refractivity contribution is 8.00. The van der Waals surface area contributed by atoms with Crippen LogP contribution in [0.5, 0.6) is 5.75 Å². The van der Waals surface area contributed by atoms with Gasteiger partial charge in [-0.25, -0.2) is 0 Å². The van der Waals surface area contributed by atoms with E-state index in [0.29, 0.717) is 29.3 Å². The van der Waals surface area contributed by atoms with Gasteiger partial charge in [-0.3, -0.25) is 9.59 Å². The average Bonchev–Trinajstić information content (AvgIpc) is 3.19. The smallest absolute Gasteiger partial charge is 0.255 e. The molecule has 1 heterocycles. The molecule has 0 radical (unpaired) electrons. The molecule has 5 nitrogen and oxygen atoms in total. The summed E-state index contributed by atoms with van der Waals surface area (Å²) in [7, 11) is 1.58. The standard InChI is InChI=1S/C26H26N2O3S/c1-18-8-13-23(31-2)22(16-18)27-25(30)20-9-11-21(12-10-20)26-28(24(29)17-32-26)15-14-19-6-4-3-5-7-19/h3-13,16,26H,14-15,17H2,1-2H3,(H,27,30)/t26-/m0/s1. The van der Waals surface area contributed by atoms with Gasteiger partial charge in [0.2, 0.25) is 5.91 Å². The number of aryl methyl sites for hydroxylation is 1. The number of hydrogen-bond donors (Lipinski definition) is 1. The maximum Gasteiger partial charge on any atom is 0.255 e. The van der Waals surface area contributed by atoms with Crippen molar-refractivity contribution in [1.82, 2.24) is 4.90 Å². The van der Waals surface area contributed by atoms with E-state index in [0.717, 1.165) is 17.5 Å². The predicted molar refractivity (Wildman–Crippen MR) is 129 cm³/mol. The van der Waals surface area contributed by atoms with Crippen molar-refractivity contribution in [1.29, 1.82) is 0 Å². The number of methoxy groups -OCH3 is 1. The van der Waals surface area contributed by atoms with Gasteiger partial charge in [-0.05, 0) is 54.3 Å². The van der Waals surface area contributed by atoms with Gasteiger partial charge in [0.15, 0.2) is 0 Å². The topological polar surface area (TPSA) is 58.6 Å². The third-order valence-corrected chi connectivity index (χ3v) is 6.77. The average molecular weight is 447 g/mol. The molecule has 0 aromatic heterocycles. The molecule has 3 aromatic carbocycles. The number of nitrogens with one attached hydrogen (secondary N) is 1. The van der Waals surface area contributed by atoms with E-state index in [1.165, 1.54) is 5.56 Å². The monoisotopic (exact) mass is 446 g/mol. The van der Waals surface area contributed by atoms with E-state index in [1.54, 1.807) is 18.9 Å². The fourth-order valence-corrected chi connectivity index (χ4v) is 5.00. The third-order valence-electron chi connectivity index (χ3n) is 5.51. The Morgan fingerprint density at radius 1 is 1.09 bits per heavy atom. The highest BCUT2D eigenvalue weighted by Crippen LogP contribution is 2.38. The second-order valence-corrected chi connectivity index (χ2v) is 8.83. The zero-order chi connectivity index (χ0) is 22.5. The summed E-state index contributed by atoms with van der Waals surface area (Å²) in [6.07, 6.45) is 0.822. The van der Waals surface area contributed by atoms with Crippen LogP contribution in [0.4, 0.5) is 5.69 Å². The molecule has 1 aliphatic rings. The van der Waals surface area contributed by atoms with Crippen molar-refractivity contribution in [3.8, 4) is 5.75 Å². The minimum absolute atomic E-state index is 0.0276. The number of anilines is 1. The van der Waals surface area contributed by atoms with Crippen LogP contribution in [0.15, 0.2) is 72.8 Å². The fourth-order valence-electron chi connectivity index (χ4n) is 3.78. The molecule has 4 rings (SSSR count). The summed E-state index contributed by atoms with van der Waals surface area (Å²) in [5.41, 5.74) is 4.48.